The Morgan fingerprint density at radius 1 is 1.53 bits per heavy atom. The van der Waals surface area contributed by atoms with E-state index in [-0.39, 0.29) is 5.97 Å². The van der Waals surface area contributed by atoms with Crippen LogP contribution in [0.15, 0.2) is 33.8 Å². The Balaban J connectivity index is 2.13. The van der Waals surface area contributed by atoms with Gasteiger partial charge >= 0.3 is 5.97 Å². The summed E-state index contributed by atoms with van der Waals surface area (Å²) in [6, 6.07) is 6.03. The van der Waals surface area contributed by atoms with E-state index < -0.39 is 0 Å². The normalized spacial score (nSPS) is 10.7. The number of carbonyl (C=O) groups excluding carboxylic acids is 1. The average molecular weight is 314 g/mol. The summed E-state index contributed by atoms with van der Waals surface area (Å²) >= 11 is 4.93. The molecule has 2 rings (SSSR count). The second-order valence-electron chi connectivity index (χ2n) is 3.44. The number of ether oxygens (including phenoxy) is 1. The van der Waals surface area contributed by atoms with Gasteiger partial charge in [-0.2, -0.15) is 0 Å². The Hall–Kier alpha value is -0.940. The van der Waals surface area contributed by atoms with Gasteiger partial charge < -0.3 is 9.72 Å². The number of rotatable bonds is 4. The number of carbonyl (C=O) groups is 1. The molecule has 0 spiro atoms. The average Bonchev–Trinajstić information content (AvgIpc) is 2.69. The summed E-state index contributed by atoms with van der Waals surface area (Å²) in [5, 5.41) is 1.12. The van der Waals surface area contributed by atoms with Crippen LogP contribution in [0.1, 0.15) is 6.92 Å². The van der Waals surface area contributed by atoms with Crippen LogP contribution in [0, 0.1) is 0 Å². The van der Waals surface area contributed by atoms with Gasteiger partial charge in [-0.15, -0.1) is 11.8 Å². The fourth-order valence-corrected chi connectivity index (χ4v) is 2.71. The lowest BCUT2D eigenvalue weighted by molar-refractivity contribution is -0.139. The number of hydrogen-bond donors (Lipinski definition) is 1. The molecule has 1 aromatic carbocycles. The van der Waals surface area contributed by atoms with Gasteiger partial charge in [-0.3, -0.25) is 4.79 Å². The minimum absolute atomic E-state index is 0.179. The van der Waals surface area contributed by atoms with E-state index in [9.17, 15) is 4.79 Å². The molecule has 0 unspecified atom stereocenters. The molecule has 3 nitrogen and oxygen atoms in total. The number of hydrogen-bond acceptors (Lipinski definition) is 3. The van der Waals surface area contributed by atoms with Gasteiger partial charge in [0.15, 0.2) is 0 Å². The standard InChI is InChI=1S/C12H12BrNO2S/c1-2-16-12(15)7-17-11-6-14-10-4-3-8(13)5-9(10)11/h3-6,14H,2,7H2,1H3. The minimum Gasteiger partial charge on any atom is -0.465 e. The molecule has 1 N–H and O–H groups in total. The van der Waals surface area contributed by atoms with Crippen molar-refractivity contribution < 1.29 is 9.53 Å². The monoisotopic (exact) mass is 313 g/mol. The van der Waals surface area contributed by atoms with Gasteiger partial charge in [0, 0.05) is 26.5 Å². The first-order valence-corrected chi connectivity index (χ1v) is 7.03. The molecule has 1 heterocycles. The number of thioether (sulfide) groups is 1. The molecule has 0 aliphatic rings. The first-order chi connectivity index (χ1) is 8.20. The molecule has 0 bridgehead atoms. The first-order valence-electron chi connectivity index (χ1n) is 5.25. The molecule has 0 radical (unpaired) electrons. The highest BCUT2D eigenvalue weighted by atomic mass is 79.9. The number of aromatic nitrogens is 1. The number of benzene rings is 1. The van der Waals surface area contributed by atoms with Crippen LogP contribution in [0.4, 0.5) is 0 Å². The van der Waals surface area contributed by atoms with E-state index in [1.165, 1.54) is 11.8 Å². The molecule has 17 heavy (non-hydrogen) atoms. The Bertz CT molecular complexity index is 538. The van der Waals surface area contributed by atoms with Crippen molar-refractivity contribution in [3.05, 3.63) is 28.9 Å². The maximum atomic E-state index is 11.3. The van der Waals surface area contributed by atoms with Crippen molar-refractivity contribution in [2.75, 3.05) is 12.4 Å². The van der Waals surface area contributed by atoms with Crippen LogP contribution in [-0.2, 0) is 9.53 Å². The van der Waals surface area contributed by atoms with Crippen molar-refractivity contribution in [1.29, 1.82) is 0 Å². The van der Waals surface area contributed by atoms with Gasteiger partial charge in [-0.05, 0) is 25.1 Å². The molecule has 0 atom stereocenters. The lowest BCUT2D eigenvalue weighted by Gasteiger charge is -2.01. The van der Waals surface area contributed by atoms with E-state index in [0.717, 1.165) is 20.3 Å². The SMILES string of the molecule is CCOC(=O)CSc1c[nH]c2ccc(Br)cc12. The molecule has 1 aromatic heterocycles. The number of halogens is 1. The lowest BCUT2D eigenvalue weighted by atomic mass is 10.2. The largest absolute Gasteiger partial charge is 0.465 e. The Kier molecular flexibility index (Phi) is 4.12. The topological polar surface area (TPSA) is 42.1 Å². The zero-order chi connectivity index (χ0) is 12.3. The molecule has 0 saturated carbocycles. The van der Waals surface area contributed by atoms with Crippen molar-refractivity contribution in [1.82, 2.24) is 4.98 Å². The molecule has 0 amide bonds. The smallest absolute Gasteiger partial charge is 0.316 e. The molecule has 0 saturated heterocycles. The third kappa shape index (κ3) is 3.04. The third-order valence-electron chi connectivity index (χ3n) is 2.26. The number of fused-ring (bicyclic) bond motifs is 1. The molecular formula is C12H12BrNO2S. The molecule has 0 aliphatic heterocycles. The highest BCUT2D eigenvalue weighted by Crippen LogP contribution is 2.29. The van der Waals surface area contributed by atoms with Gasteiger partial charge in [-0.25, -0.2) is 0 Å². The Morgan fingerprint density at radius 2 is 2.35 bits per heavy atom. The number of nitrogens with one attached hydrogen (secondary N) is 1. The summed E-state index contributed by atoms with van der Waals surface area (Å²) in [6.07, 6.45) is 1.92. The summed E-state index contributed by atoms with van der Waals surface area (Å²) < 4.78 is 5.93. The van der Waals surface area contributed by atoms with Crippen molar-refractivity contribution in [2.45, 2.75) is 11.8 Å². The summed E-state index contributed by atoms with van der Waals surface area (Å²) in [4.78, 5) is 15.5. The van der Waals surface area contributed by atoms with Gasteiger partial charge in [0.2, 0.25) is 0 Å². The van der Waals surface area contributed by atoms with Gasteiger partial charge in [0.1, 0.15) is 0 Å². The summed E-state index contributed by atoms with van der Waals surface area (Å²) in [6.45, 7) is 2.24. The Morgan fingerprint density at radius 3 is 3.12 bits per heavy atom. The molecule has 2 aromatic rings. The minimum atomic E-state index is -0.179. The molecule has 0 fully saturated rings. The number of aromatic amines is 1. The van der Waals surface area contributed by atoms with Crippen molar-refractivity contribution in [3.8, 4) is 0 Å². The molecular weight excluding hydrogens is 302 g/mol. The van der Waals surface area contributed by atoms with E-state index in [0.29, 0.717) is 12.4 Å². The van der Waals surface area contributed by atoms with E-state index >= 15 is 0 Å². The highest BCUT2D eigenvalue weighted by Gasteiger charge is 2.08. The second-order valence-corrected chi connectivity index (χ2v) is 5.37. The first kappa shape index (κ1) is 12.5. The van der Waals surface area contributed by atoms with Crippen LogP contribution in [0.5, 0.6) is 0 Å². The Labute approximate surface area is 112 Å². The maximum absolute atomic E-state index is 11.3. The molecule has 90 valence electrons. The van der Waals surface area contributed by atoms with Crippen LogP contribution >= 0.6 is 27.7 Å². The third-order valence-corrected chi connectivity index (χ3v) is 3.78. The van der Waals surface area contributed by atoms with Crippen molar-refractivity contribution in [2.24, 2.45) is 0 Å². The quantitative estimate of drug-likeness (QED) is 0.693. The van der Waals surface area contributed by atoms with E-state index in [1.54, 1.807) is 0 Å². The maximum Gasteiger partial charge on any atom is 0.316 e. The zero-order valence-corrected chi connectivity index (χ0v) is 11.7. The van der Waals surface area contributed by atoms with Crippen LogP contribution in [0.25, 0.3) is 10.9 Å². The summed E-state index contributed by atoms with van der Waals surface area (Å²) in [5.41, 5.74) is 1.07. The fraction of sp³-hybridized carbons (Fsp3) is 0.250. The highest BCUT2D eigenvalue weighted by molar-refractivity contribution is 9.10. The van der Waals surface area contributed by atoms with Crippen LogP contribution in [0.3, 0.4) is 0 Å². The van der Waals surface area contributed by atoms with Gasteiger partial charge in [0.05, 0.1) is 12.4 Å². The van der Waals surface area contributed by atoms with Crippen LogP contribution in [-0.4, -0.2) is 23.3 Å². The van der Waals surface area contributed by atoms with Crippen molar-refractivity contribution >= 4 is 44.6 Å². The van der Waals surface area contributed by atoms with Gasteiger partial charge in [-0.1, -0.05) is 15.9 Å². The van der Waals surface area contributed by atoms with Crippen molar-refractivity contribution in [3.63, 3.8) is 0 Å². The lowest BCUT2D eigenvalue weighted by Crippen LogP contribution is -2.06. The number of H-pyrrole nitrogens is 1. The van der Waals surface area contributed by atoms with Crippen LogP contribution in [0.2, 0.25) is 0 Å². The number of esters is 1. The van der Waals surface area contributed by atoms with E-state index in [4.69, 9.17) is 4.74 Å². The molecule has 5 heteroatoms. The van der Waals surface area contributed by atoms with Gasteiger partial charge in [0.25, 0.3) is 0 Å². The van der Waals surface area contributed by atoms with Crippen LogP contribution < -0.4 is 0 Å². The summed E-state index contributed by atoms with van der Waals surface area (Å²) in [5.74, 6) is 0.162. The molecule has 0 aliphatic carbocycles. The fourth-order valence-electron chi connectivity index (χ4n) is 1.53. The second kappa shape index (κ2) is 5.60. The summed E-state index contributed by atoms with van der Waals surface area (Å²) in [7, 11) is 0. The predicted octanol–water partition coefficient (Wildman–Crippen LogP) is 3.59. The van der Waals surface area contributed by atoms with E-state index in [2.05, 4.69) is 20.9 Å². The predicted molar refractivity (Wildman–Crippen MR) is 73.4 cm³/mol. The van der Waals surface area contributed by atoms with E-state index in [1.807, 2.05) is 31.3 Å². The zero-order valence-electron chi connectivity index (χ0n) is 9.33.